The zero-order valence-electron chi connectivity index (χ0n) is 15.9. The van der Waals surface area contributed by atoms with Crippen molar-refractivity contribution in [3.8, 4) is 5.75 Å². The summed E-state index contributed by atoms with van der Waals surface area (Å²) < 4.78 is 16.0. The van der Waals surface area contributed by atoms with Crippen molar-refractivity contribution >= 4 is 17.4 Å². The number of furan rings is 1. The number of carbonyl (C=O) groups excluding carboxylic acids is 2. The van der Waals surface area contributed by atoms with Crippen molar-refractivity contribution < 1.29 is 28.6 Å². The van der Waals surface area contributed by atoms with Crippen LogP contribution < -0.4 is 4.74 Å². The van der Waals surface area contributed by atoms with E-state index in [2.05, 4.69) is 0 Å². The maximum atomic E-state index is 12.8. The number of likely N-dealkylation sites (tertiary alicyclic amines) is 1. The molecule has 1 aliphatic rings. The Kier molecular flexibility index (Phi) is 6.16. The molecule has 3 rings (SSSR count). The number of amides is 1. The Labute approximate surface area is 163 Å². The van der Waals surface area contributed by atoms with Gasteiger partial charge in [-0.3, -0.25) is 9.59 Å². The molecule has 0 aliphatic carbocycles. The van der Waals surface area contributed by atoms with Crippen LogP contribution in [0.15, 0.2) is 52.7 Å². The van der Waals surface area contributed by atoms with E-state index in [4.69, 9.17) is 13.9 Å². The lowest BCUT2D eigenvalue weighted by Crippen LogP contribution is -2.31. The van der Waals surface area contributed by atoms with Gasteiger partial charge in [-0.05, 0) is 37.6 Å². The van der Waals surface area contributed by atoms with Crippen LogP contribution in [0.1, 0.15) is 30.7 Å². The molecule has 1 aromatic heterocycles. The normalized spacial score (nSPS) is 18.6. The van der Waals surface area contributed by atoms with Crippen molar-refractivity contribution in [1.29, 1.82) is 0 Å². The first-order valence-corrected chi connectivity index (χ1v) is 9.12. The largest absolute Gasteiger partial charge is 0.507 e. The molecule has 148 valence electrons. The maximum Gasteiger partial charge on any atom is 0.295 e. The highest BCUT2D eigenvalue weighted by molar-refractivity contribution is 6.46. The summed E-state index contributed by atoms with van der Waals surface area (Å²) in [7, 11) is 1.57. The topological polar surface area (TPSA) is 89.2 Å². The number of methoxy groups -OCH3 is 1. The number of aliphatic hydroxyl groups excluding tert-OH is 1. The fourth-order valence-corrected chi connectivity index (χ4v) is 3.29. The molecule has 7 heteroatoms. The van der Waals surface area contributed by atoms with Gasteiger partial charge in [0.1, 0.15) is 23.3 Å². The third-order valence-corrected chi connectivity index (χ3v) is 4.52. The van der Waals surface area contributed by atoms with Crippen LogP contribution in [0.4, 0.5) is 0 Å². The van der Waals surface area contributed by atoms with Crippen molar-refractivity contribution in [2.45, 2.75) is 19.4 Å². The summed E-state index contributed by atoms with van der Waals surface area (Å²) in [5, 5.41) is 10.9. The SMILES string of the molecule is CCOc1cccc(/C(O)=C2\C(=O)C(=O)N(CCCOC)C2c2ccco2)c1. The molecule has 1 fully saturated rings. The van der Waals surface area contributed by atoms with E-state index in [-0.39, 0.29) is 11.3 Å². The second kappa shape index (κ2) is 8.75. The van der Waals surface area contributed by atoms with E-state index in [9.17, 15) is 14.7 Å². The molecule has 28 heavy (non-hydrogen) atoms. The van der Waals surface area contributed by atoms with Crippen molar-refractivity contribution in [3.05, 3.63) is 59.6 Å². The Morgan fingerprint density at radius 2 is 2.07 bits per heavy atom. The highest BCUT2D eigenvalue weighted by atomic mass is 16.5. The monoisotopic (exact) mass is 385 g/mol. The van der Waals surface area contributed by atoms with Gasteiger partial charge in [0.15, 0.2) is 0 Å². The molecule has 1 saturated heterocycles. The summed E-state index contributed by atoms with van der Waals surface area (Å²) in [4.78, 5) is 26.8. The van der Waals surface area contributed by atoms with E-state index in [0.29, 0.717) is 43.3 Å². The second-order valence-corrected chi connectivity index (χ2v) is 6.32. The predicted molar refractivity (Wildman–Crippen MR) is 102 cm³/mol. The lowest BCUT2D eigenvalue weighted by molar-refractivity contribution is -0.140. The summed E-state index contributed by atoms with van der Waals surface area (Å²) in [5.74, 6) is -0.678. The lowest BCUT2D eigenvalue weighted by atomic mass is 9.99. The van der Waals surface area contributed by atoms with Crippen LogP contribution in [-0.4, -0.2) is 48.6 Å². The third kappa shape index (κ3) is 3.80. The first kappa shape index (κ1) is 19.7. The van der Waals surface area contributed by atoms with Gasteiger partial charge in [-0.15, -0.1) is 0 Å². The minimum atomic E-state index is -0.789. The quantitative estimate of drug-likeness (QED) is 0.325. The number of carbonyl (C=O) groups is 2. The third-order valence-electron chi connectivity index (χ3n) is 4.52. The molecule has 1 aromatic carbocycles. The van der Waals surface area contributed by atoms with Crippen LogP contribution in [0, 0.1) is 0 Å². The fraction of sp³-hybridized carbons (Fsp3) is 0.333. The average molecular weight is 385 g/mol. The van der Waals surface area contributed by atoms with Gasteiger partial charge in [0.2, 0.25) is 0 Å². The number of ketones is 1. The fourth-order valence-electron chi connectivity index (χ4n) is 3.29. The Balaban J connectivity index is 2.05. The minimum absolute atomic E-state index is 0.00557. The van der Waals surface area contributed by atoms with Crippen molar-refractivity contribution in [1.82, 2.24) is 4.90 Å². The van der Waals surface area contributed by atoms with E-state index < -0.39 is 17.7 Å². The molecule has 0 radical (unpaired) electrons. The number of hydrogen-bond acceptors (Lipinski definition) is 6. The molecule has 1 unspecified atom stereocenters. The van der Waals surface area contributed by atoms with Gasteiger partial charge in [0.25, 0.3) is 11.7 Å². The number of Topliss-reactive ketones (excluding diaryl/α,β-unsaturated/α-hetero) is 1. The van der Waals surface area contributed by atoms with E-state index in [1.165, 1.54) is 11.2 Å². The molecular weight excluding hydrogens is 362 g/mol. The zero-order valence-corrected chi connectivity index (χ0v) is 15.9. The number of hydrogen-bond donors (Lipinski definition) is 1. The van der Waals surface area contributed by atoms with Gasteiger partial charge < -0.3 is 23.9 Å². The summed E-state index contributed by atoms with van der Waals surface area (Å²) >= 11 is 0. The Morgan fingerprint density at radius 3 is 2.75 bits per heavy atom. The highest BCUT2D eigenvalue weighted by Gasteiger charge is 2.47. The maximum absolute atomic E-state index is 12.8. The van der Waals surface area contributed by atoms with E-state index in [0.717, 1.165) is 0 Å². The molecule has 1 amide bonds. The molecule has 0 saturated carbocycles. The van der Waals surface area contributed by atoms with Gasteiger partial charge in [-0.2, -0.15) is 0 Å². The van der Waals surface area contributed by atoms with Gasteiger partial charge in [0, 0.05) is 25.8 Å². The van der Waals surface area contributed by atoms with E-state index >= 15 is 0 Å². The molecule has 2 heterocycles. The van der Waals surface area contributed by atoms with Gasteiger partial charge in [-0.1, -0.05) is 12.1 Å². The second-order valence-electron chi connectivity index (χ2n) is 6.32. The van der Waals surface area contributed by atoms with Crippen LogP contribution in [-0.2, 0) is 14.3 Å². The zero-order chi connectivity index (χ0) is 20.1. The van der Waals surface area contributed by atoms with Crippen LogP contribution >= 0.6 is 0 Å². The Morgan fingerprint density at radius 1 is 1.25 bits per heavy atom. The predicted octanol–water partition coefficient (Wildman–Crippen LogP) is 3.14. The van der Waals surface area contributed by atoms with Crippen LogP contribution in [0.2, 0.25) is 0 Å². The summed E-state index contributed by atoms with van der Waals surface area (Å²) in [6.07, 6.45) is 2.03. The number of aliphatic hydroxyl groups is 1. The first-order valence-electron chi connectivity index (χ1n) is 9.12. The molecule has 0 bridgehead atoms. The van der Waals surface area contributed by atoms with Gasteiger partial charge in [-0.25, -0.2) is 0 Å². The van der Waals surface area contributed by atoms with Crippen LogP contribution in [0.5, 0.6) is 5.75 Å². The highest BCUT2D eigenvalue weighted by Crippen LogP contribution is 2.39. The number of ether oxygens (including phenoxy) is 2. The molecule has 1 atom stereocenters. The number of nitrogens with zero attached hydrogens (tertiary/aromatic N) is 1. The van der Waals surface area contributed by atoms with Gasteiger partial charge in [0.05, 0.1) is 18.4 Å². The smallest absolute Gasteiger partial charge is 0.295 e. The molecule has 7 nitrogen and oxygen atoms in total. The first-order chi connectivity index (χ1) is 13.6. The molecule has 1 aliphatic heterocycles. The number of rotatable bonds is 8. The van der Waals surface area contributed by atoms with Crippen molar-refractivity contribution in [3.63, 3.8) is 0 Å². The lowest BCUT2D eigenvalue weighted by Gasteiger charge is -2.23. The number of benzene rings is 1. The van der Waals surface area contributed by atoms with Crippen molar-refractivity contribution in [2.75, 3.05) is 26.9 Å². The minimum Gasteiger partial charge on any atom is -0.507 e. The summed E-state index contributed by atoms with van der Waals surface area (Å²) in [6.45, 7) is 3.08. The van der Waals surface area contributed by atoms with Crippen LogP contribution in [0.25, 0.3) is 5.76 Å². The molecular formula is C21H23NO6. The molecule has 2 aromatic rings. The van der Waals surface area contributed by atoms with Crippen LogP contribution in [0.3, 0.4) is 0 Å². The molecule has 1 N–H and O–H groups in total. The van der Waals surface area contributed by atoms with E-state index in [1.807, 2.05) is 6.92 Å². The van der Waals surface area contributed by atoms with Crippen molar-refractivity contribution in [2.24, 2.45) is 0 Å². The Bertz CT molecular complexity index is 871. The van der Waals surface area contributed by atoms with Gasteiger partial charge >= 0.3 is 0 Å². The molecule has 0 spiro atoms. The standard InChI is InChI=1S/C21H23NO6/c1-3-27-15-8-4-7-14(13-15)19(23)17-18(16-9-5-12-28-16)22(10-6-11-26-2)21(25)20(17)24/h4-5,7-9,12-13,18,23H,3,6,10-11H2,1-2H3/b19-17+. The van der Waals surface area contributed by atoms with E-state index in [1.54, 1.807) is 43.5 Å². The summed E-state index contributed by atoms with van der Waals surface area (Å²) in [6, 6.07) is 9.35. The Hall–Kier alpha value is -3.06. The average Bonchev–Trinajstić information content (AvgIpc) is 3.30. The summed E-state index contributed by atoms with van der Waals surface area (Å²) in [5.41, 5.74) is 0.406.